The Bertz CT molecular complexity index is 1220. The zero-order valence-corrected chi connectivity index (χ0v) is 17.3. The van der Waals surface area contributed by atoms with Gasteiger partial charge in [0, 0.05) is 49.7 Å². The van der Waals surface area contributed by atoms with Crippen LogP contribution in [0.15, 0.2) is 53.3 Å². The molecule has 6 nitrogen and oxygen atoms in total. The third-order valence-electron chi connectivity index (χ3n) is 6.63. The number of benzene rings is 2. The number of ether oxygens (including phenoxy) is 1. The molecule has 152 valence electrons. The van der Waals surface area contributed by atoms with Crippen molar-refractivity contribution in [3.63, 3.8) is 0 Å². The van der Waals surface area contributed by atoms with Gasteiger partial charge in [0.2, 0.25) is 0 Å². The maximum absolute atomic E-state index is 12.8. The van der Waals surface area contributed by atoms with E-state index in [4.69, 9.17) is 4.74 Å². The minimum Gasteiger partial charge on any atom is -0.497 e. The molecule has 0 saturated carbocycles. The molecule has 0 unspecified atom stereocenters. The number of nitriles is 1. The second-order valence-corrected chi connectivity index (χ2v) is 8.44. The lowest BCUT2D eigenvalue weighted by atomic mass is 9.78. The summed E-state index contributed by atoms with van der Waals surface area (Å²) in [5.74, 6) is 0.864. The molecule has 0 bridgehead atoms. The van der Waals surface area contributed by atoms with Gasteiger partial charge in [-0.15, -0.1) is 0 Å². The molecule has 0 radical (unpaired) electrons. The van der Waals surface area contributed by atoms with E-state index in [1.807, 2.05) is 36.4 Å². The van der Waals surface area contributed by atoms with Crippen LogP contribution in [-0.2, 0) is 7.05 Å². The Labute approximate surface area is 175 Å². The molecule has 0 N–H and O–H groups in total. The molecule has 6 heteroatoms. The van der Waals surface area contributed by atoms with E-state index >= 15 is 0 Å². The maximum atomic E-state index is 12.8. The molecular formula is C24H24N4O2. The van der Waals surface area contributed by atoms with Gasteiger partial charge in [0.15, 0.2) is 0 Å². The van der Waals surface area contributed by atoms with Crippen molar-refractivity contribution in [1.29, 1.82) is 5.26 Å². The molecule has 2 aliphatic heterocycles. The number of rotatable bonds is 3. The van der Waals surface area contributed by atoms with Crippen molar-refractivity contribution >= 4 is 22.3 Å². The number of pyridine rings is 1. The quantitative estimate of drug-likeness (QED) is 0.676. The maximum Gasteiger partial charge on any atom is 0.270 e. The normalized spacial score (nSPS) is 17.2. The fourth-order valence-corrected chi connectivity index (χ4v) is 5.03. The lowest BCUT2D eigenvalue weighted by molar-refractivity contribution is 0.246. The number of nitrogens with zero attached hydrogens (tertiary/aromatic N) is 4. The van der Waals surface area contributed by atoms with Gasteiger partial charge in [-0.2, -0.15) is 5.26 Å². The van der Waals surface area contributed by atoms with Gasteiger partial charge < -0.3 is 19.1 Å². The lowest BCUT2D eigenvalue weighted by Gasteiger charge is -2.49. The van der Waals surface area contributed by atoms with Crippen molar-refractivity contribution in [3.05, 3.63) is 64.4 Å². The Morgan fingerprint density at radius 2 is 1.73 bits per heavy atom. The van der Waals surface area contributed by atoms with Crippen molar-refractivity contribution in [2.75, 3.05) is 43.1 Å². The summed E-state index contributed by atoms with van der Waals surface area (Å²) in [7, 11) is 3.41. The molecule has 2 aliphatic rings. The fourth-order valence-electron chi connectivity index (χ4n) is 5.03. The molecule has 3 aromatic rings. The van der Waals surface area contributed by atoms with E-state index < -0.39 is 0 Å². The average molecular weight is 400 g/mol. The van der Waals surface area contributed by atoms with Gasteiger partial charge in [0.1, 0.15) is 17.4 Å². The van der Waals surface area contributed by atoms with Crippen molar-refractivity contribution in [3.8, 4) is 11.8 Å². The number of para-hydroxylation sites is 1. The topological polar surface area (TPSA) is 61.5 Å². The standard InChI is InChI=1S/C24H24N4O2/c1-26-21-6-4-3-5-19(21)22(20(13-25)23(26)29)27-12-11-24(14-27)15-28(16-24)17-7-9-18(30-2)10-8-17/h3-10H,11-12,14-16H2,1-2H3. The summed E-state index contributed by atoms with van der Waals surface area (Å²) in [5, 5.41) is 10.7. The lowest BCUT2D eigenvalue weighted by Crippen LogP contribution is -2.57. The van der Waals surface area contributed by atoms with Gasteiger partial charge in [-0.3, -0.25) is 4.79 Å². The second kappa shape index (κ2) is 6.81. The van der Waals surface area contributed by atoms with E-state index in [2.05, 4.69) is 28.0 Å². The average Bonchev–Trinajstić information content (AvgIpc) is 3.20. The van der Waals surface area contributed by atoms with Crippen molar-refractivity contribution in [2.24, 2.45) is 12.5 Å². The first-order valence-corrected chi connectivity index (χ1v) is 10.2. The summed E-state index contributed by atoms with van der Waals surface area (Å²) in [6, 6.07) is 18.2. The van der Waals surface area contributed by atoms with E-state index in [0.717, 1.165) is 54.9 Å². The molecule has 1 aromatic heterocycles. The Hall–Kier alpha value is -3.46. The highest BCUT2D eigenvalue weighted by atomic mass is 16.5. The number of methoxy groups -OCH3 is 1. The van der Waals surface area contributed by atoms with E-state index in [1.165, 1.54) is 5.69 Å². The smallest absolute Gasteiger partial charge is 0.270 e. The summed E-state index contributed by atoms with van der Waals surface area (Å²) < 4.78 is 6.83. The minimum atomic E-state index is -0.222. The molecule has 1 spiro atoms. The van der Waals surface area contributed by atoms with Gasteiger partial charge in [-0.1, -0.05) is 18.2 Å². The van der Waals surface area contributed by atoms with Crippen LogP contribution < -0.4 is 20.1 Å². The third kappa shape index (κ3) is 2.73. The first-order valence-electron chi connectivity index (χ1n) is 10.2. The molecule has 0 atom stereocenters. The molecule has 3 heterocycles. The van der Waals surface area contributed by atoms with Crippen molar-refractivity contribution < 1.29 is 4.74 Å². The first-order chi connectivity index (χ1) is 14.5. The van der Waals surface area contributed by atoms with E-state index in [1.54, 1.807) is 18.7 Å². The van der Waals surface area contributed by atoms with Crippen LogP contribution in [0.3, 0.4) is 0 Å². The van der Waals surface area contributed by atoms with Gasteiger partial charge in [0.05, 0.1) is 18.3 Å². The van der Waals surface area contributed by atoms with Crippen LogP contribution in [0.1, 0.15) is 12.0 Å². The van der Waals surface area contributed by atoms with Gasteiger partial charge in [-0.25, -0.2) is 0 Å². The van der Waals surface area contributed by atoms with Gasteiger partial charge in [-0.05, 0) is 36.8 Å². The van der Waals surface area contributed by atoms with Gasteiger partial charge >= 0.3 is 0 Å². The summed E-state index contributed by atoms with van der Waals surface area (Å²) in [6.45, 7) is 3.70. The predicted molar refractivity (Wildman–Crippen MR) is 118 cm³/mol. The molecule has 0 amide bonds. The zero-order chi connectivity index (χ0) is 20.9. The van der Waals surface area contributed by atoms with Crippen LogP contribution in [0.25, 0.3) is 10.9 Å². The second-order valence-electron chi connectivity index (χ2n) is 8.44. The summed E-state index contributed by atoms with van der Waals surface area (Å²) >= 11 is 0. The van der Waals surface area contributed by atoms with Gasteiger partial charge in [0.25, 0.3) is 5.56 Å². The minimum absolute atomic E-state index is 0.203. The van der Waals surface area contributed by atoms with Crippen LogP contribution in [0, 0.1) is 16.7 Å². The Balaban J connectivity index is 1.43. The van der Waals surface area contributed by atoms with Crippen LogP contribution in [-0.4, -0.2) is 37.9 Å². The Morgan fingerprint density at radius 1 is 1.03 bits per heavy atom. The van der Waals surface area contributed by atoms with E-state index in [-0.39, 0.29) is 16.5 Å². The number of hydrogen-bond acceptors (Lipinski definition) is 5. The van der Waals surface area contributed by atoms with Crippen LogP contribution in [0.5, 0.6) is 5.75 Å². The molecular weight excluding hydrogens is 376 g/mol. The van der Waals surface area contributed by atoms with Crippen molar-refractivity contribution in [1.82, 2.24) is 4.57 Å². The SMILES string of the molecule is COc1ccc(N2CC3(CCN(c4c(C#N)c(=O)n(C)c5ccccc45)C3)C2)cc1. The predicted octanol–water partition coefficient (Wildman–Crippen LogP) is 3.14. The number of hydrogen-bond donors (Lipinski definition) is 0. The third-order valence-corrected chi connectivity index (χ3v) is 6.63. The zero-order valence-electron chi connectivity index (χ0n) is 17.3. The Kier molecular flexibility index (Phi) is 4.21. The van der Waals surface area contributed by atoms with Crippen molar-refractivity contribution in [2.45, 2.75) is 6.42 Å². The van der Waals surface area contributed by atoms with Crippen LogP contribution >= 0.6 is 0 Å². The number of aromatic nitrogens is 1. The van der Waals surface area contributed by atoms with Crippen LogP contribution in [0.4, 0.5) is 11.4 Å². The number of fused-ring (bicyclic) bond motifs is 1. The highest BCUT2D eigenvalue weighted by Gasteiger charge is 2.48. The van der Waals surface area contributed by atoms with Crippen LogP contribution in [0.2, 0.25) is 0 Å². The summed E-state index contributed by atoms with van der Waals surface area (Å²) in [6.07, 6.45) is 1.06. The van der Waals surface area contributed by atoms with E-state index in [0.29, 0.717) is 0 Å². The Morgan fingerprint density at radius 3 is 2.43 bits per heavy atom. The summed E-state index contributed by atoms with van der Waals surface area (Å²) in [5.41, 5.74) is 3.10. The number of aryl methyl sites for hydroxylation is 1. The fraction of sp³-hybridized carbons (Fsp3) is 0.333. The molecule has 2 saturated heterocycles. The summed E-state index contributed by atoms with van der Waals surface area (Å²) in [4.78, 5) is 17.5. The highest BCUT2D eigenvalue weighted by molar-refractivity contribution is 5.95. The number of anilines is 2. The van der Waals surface area contributed by atoms with E-state index in [9.17, 15) is 10.1 Å². The monoisotopic (exact) mass is 400 g/mol. The molecule has 2 fully saturated rings. The molecule has 2 aromatic carbocycles. The molecule has 30 heavy (non-hydrogen) atoms. The molecule has 0 aliphatic carbocycles. The largest absolute Gasteiger partial charge is 0.497 e. The first kappa shape index (κ1) is 18.6. The highest BCUT2D eigenvalue weighted by Crippen LogP contribution is 2.44. The molecule has 5 rings (SSSR count).